The second kappa shape index (κ2) is 7.04. The Morgan fingerprint density at radius 3 is 2.52 bits per heavy atom. The SMILES string of the molecule is COc1c(C)ccc(NC(=O)N2CCN(c3cnn(C)c3)CC2)c1C. The van der Waals surface area contributed by atoms with Crippen molar-refractivity contribution in [1.82, 2.24) is 14.7 Å². The molecular weight excluding hydrogens is 318 g/mol. The number of amides is 2. The van der Waals surface area contributed by atoms with Crippen molar-refractivity contribution >= 4 is 17.4 Å². The molecular formula is C18H25N5O2. The zero-order valence-corrected chi connectivity index (χ0v) is 15.2. The van der Waals surface area contributed by atoms with Crippen molar-refractivity contribution in [2.24, 2.45) is 7.05 Å². The first-order chi connectivity index (χ1) is 12.0. The maximum atomic E-state index is 12.6. The highest BCUT2D eigenvalue weighted by Crippen LogP contribution is 2.29. The van der Waals surface area contributed by atoms with Gasteiger partial charge in [0.25, 0.3) is 0 Å². The van der Waals surface area contributed by atoms with E-state index in [1.54, 1.807) is 11.8 Å². The van der Waals surface area contributed by atoms with Crippen molar-refractivity contribution in [2.45, 2.75) is 13.8 Å². The maximum absolute atomic E-state index is 12.6. The molecule has 1 saturated heterocycles. The normalized spacial score (nSPS) is 14.6. The van der Waals surface area contributed by atoms with Crippen molar-refractivity contribution in [3.8, 4) is 5.75 Å². The van der Waals surface area contributed by atoms with E-state index < -0.39 is 0 Å². The Hall–Kier alpha value is -2.70. The summed E-state index contributed by atoms with van der Waals surface area (Å²) in [6, 6.07) is 3.82. The van der Waals surface area contributed by atoms with E-state index in [0.717, 1.165) is 41.3 Å². The van der Waals surface area contributed by atoms with E-state index in [2.05, 4.69) is 15.3 Å². The molecule has 1 aliphatic heterocycles. The van der Waals surface area contributed by atoms with Gasteiger partial charge in [-0.2, -0.15) is 5.10 Å². The lowest BCUT2D eigenvalue weighted by molar-refractivity contribution is 0.208. The van der Waals surface area contributed by atoms with Gasteiger partial charge in [-0.15, -0.1) is 0 Å². The average molecular weight is 343 g/mol. The van der Waals surface area contributed by atoms with Gasteiger partial charge < -0.3 is 19.9 Å². The predicted octanol–water partition coefficient (Wildman–Crippen LogP) is 2.40. The van der Waals surface area contributed by atoms with Crippen LogP contribution in [-0.4, -0.2) is 54.0 Å². The molecule has 0 unspecified atom stereocenters. The lowest BCUT2D eigenvalue weighted by Crippen LogP contribution is -2.50. The number of benzene rings is 1. The van der Waals surface area contributed by atoms with E-state index in [9.17, 15) is 4.79 Å². The van der Waals surface area contributed by atoms with Gasteiger partial charge in [-0.1, -0.05) is 6.07 Å². The number of aryl methyl sites for hydroxylation is 2. The first-order valence-corrected chi connectivity index (χ1v) is 8.43. The van der Waals surface area contributed by atoms with Crippen LogP contribution in [0.4, 0.5) is 16.2 Å². The third-order valence-electron chi connectivity index (χ3n) is 4.67. The smallest absolute Gasteiger partial charge is 0.321 e. The van der Waals surface area contributed by atoms with Crippen LogP contribution < -0.4 is 15.0 Å². The van der Waals surface area contributed by atoms with Crippen LogP contribution in [0.5, 0.6) is 5.75 Å². The summed E-state index contributed by atoms with van der Waals surface area (Å²) >= 11 is 0. The van der Waals surface area contributed by atoms with Crippen LogP contribution in [0.25, 0.3) is 0 Å². The van der Waals surface area contributed by atoms with Crippen molar-refractivity contribution in [2.75, 3.05) is 43.5 Å². The summed E-state index contributed by atoms with van der Waals surface area (Å²) in [6.07, 6.45) is 3.86. The van der Waals surface area contributed by atoms with Crippen molar-refractivity contribution in [3.63, 3.8) is 0 Å². The fourth-order valence-electron chi connectivity index (χ4n) is 3.21. The number of nitrogens with zero attached hydrogens (tertiary/aromatic N) is 4. The van der Waals surface area contributed by atoms with Crippen molar-refractivity contribution in [3.05, 3.63) is 35.7 Å². The summed E-state index contributed by atoms with van der Waals surface area (Å²) in [6.45, 7) is 6.92. The number of rotatable bonds is 3. The van der Waals surface area contributed by atoms with E-state index in [1.165, 1.54) is 0 Å². The molecule has 0 atom stereocenters. The molecule has 0 bridgehead atoms. The van der Waals surface area contributed by atoms with Gasteiger partial charge in [0.15, 0.2) is 0 Å². The number of urea groups is 1. The summed E-state index contributed by atoms with van der Waals surface area (Å²) in [5.41, 5.74) is 3.90. The number of methoxy groups -OCH3 is 1. The second-order valence-corrected chi connectivity index (χ2v) is 6.36. The number of hydrogen-bond acceptors (Lipinski definition) is 4. The number of hydrogen-bond donors (Lipinski definition) is 1. The number of carbonyl (C=O) groups is 1. The Kier molecular flexibility index (Phi) is 4.83. The third-order valence-corrected chi connectivity index (χ3v) is 4.67. The highest BCUT2D eigenvalue weighted by atomic mass is 16.5. The number of carbonyl (C=O) groups excluding carboxylic acids is 1. The standard InChI is InChI=1S/C18H25N5O2/c1-13-5-6-16(14(2)17(13)25-4)20-18(24)23-9-7-22(8-10-23)15-11-19-21(3)12-15/h5-6,11-12H,7-10H2,1-4H3,(H,20,24). The van der Waals surface area contributed by atoms with E-state index in [1.807, 2.05) is 50.3 Å². The van der Waals surface area contributed by atoms with Crippen LogP contribution in [0.2, 0.25) is 0 Å². The fraction of sp³-hybridized carbons (Fsp3) is 0.444. The Labute approximate surface area is 148 Å². The second-order valence-electron chi connectivity index (χ2n) is 6.36. The first-order valence-electron chi connectivity index (χ1n) is 8.43. The summed E-state index contributed by atoms with van der Waals surface area (Å²) < 4.78 is 7.22. The van der Waals surface area contributed by atoms with Gasteiger partial charge in [-0.05, 0) is 25.5 Å². The molecule has 0 aliphatic carbocycles. The van der Waals surface area contributed by atoms with Crippen molar-refractivity contribution in [1.29, 1.82) is 0 Å². The van der Waals surface area contributed by atoms with E-state index >= 15 is 0 Å². The molecule has 0 spiro atoms. The summed E-state index contributed by atoms with van der Waals surface area (Å²) in [5, 5.41) is 7.22. The number of aromatic nitrogens is 2. The van der Waals surface area contributed by atoms with Crippen LogP contribution in [0, 0.1) is 13.8 Å². The van der Waals surface area contributed by atoms with Crippen LogP contribution in [0.15, 0.2) is 24.5 Å². The van der Waals surface area contributed by atoms with Crippen LogP contribution in [-0.2, 0) is 7.05 Å². The lowest BCUT2D eigenvalue weighted by Gasteiger charge is -2.35. The molecule has 25 heavy (non-hydrogen) atoms. The Balaban J connectivity index is 1.62. The molecule has 1 aliphatic rings. The number of ether oxygens (including phenoxy) is 1. The molecule has 3 rings (SSSR count). The third kappa shape index (κ3) is 3.55. The van der Waals surface area contributed by atoms with Gasteiger partial charge in [0.1, 0.15) is 5.75 Å². The molecule has 0 saturated carbocycles. The quantitative estimate of drug-likeness (QED) is 0.930. The van der Waals surface area contributed by atoms with Gasteiger partial charge in [0.2, 0.25) is 0 Å². The van der Waals surface area contributed by atoms with Crippen LogP contribution in [0.1, 0.15) is 11.1 Å². The van der Waals surface area contributed by atoms with Gasteiger partial charge in [-0.25, -0.2) is 4.79 Å². The monoisotopic (exact) mass is 343 g/mol. The van der Waals surface area contributed by atoms with Gasteiger partial charge in [0, 0.05) is 50.7 Å². The molecule has 7 heteroatoms. The number of nitrogens with one attached hydrogen (secondary N) is 1. The number of piperazine rings is 1. The molecule has 1 N–H and O–H groups in total. The summed E-state index contributed by atoms with van der Waals surface area (Å²) in [5.74, 6) is 0.819. The predicted molar refractivity (Wildman–Crippen MR) is 98.5 cm³/mol. The Morgan fingerprint density at radius 1 is 1.20 bits per heavy atom. The zero-order chi connectivity index (χ0) is 18.0. The summed E-state index contributed by atoms with van der Waals surface area (Å²) in [7, 11) is 3.56. The van der Waals surface area contributed by atoms with E-state index in [-0.39, 0.29) is 6.03 Å². The van der Waals surface area contributed by atoms with Crippen LogP contribution in [0.3, 0.4) is 0 Å². The molecule has 134 valence electrons. The minimum absolute atomic E-state index is 0.0696. The van der Waals surface area contributed by atoms with Crippen LogP contribution >= 0.6 is 0 Å². The molecule has 1 fully saturated rings. The van der Waals surface area contributed by atoms with Gasteiger partial charge in [-0.3, -0.25) is 4.68 Å². The molecule has 1 aromatic heterocycles. The molecule has 7 nitrogen and oxygen atoms in total. The largest absolute Gasteiger partial charge is 0.496 e. The molecule has 0 radical (unpaired) electrons. The molecule has 2 heterocycles. The Morgan fingerprint density at radius 2 is 1.92 bits per heavy atom. The topological polar surface area (TPSA) is 62.6 Å². The van der Waals surface area contributed by atoms with E-state index in [4.69, 9.17) is 4.74 Å². The summed E-state index contributed by atoms with van der Waals surface area (Å²) in [4.78, 5) is 16.7. The van der Waals surface area contributed by atoms with Gasteiger partial charge >= 0.3 is 6.03 Å². The van der Waals surface area contributed by atoms with E-state index in [0.29, 0.717) is 13.1 Å². The molecule has 2 aromatic rings. The highest BCUT2D eigenvalue weighted by Gasteiger charge is 2.22. The highest BCUT2D eigenvalue weighted by molar-refractivity contribution is 5.91. The average Bonchev–Trinajstić information content (AvgIpc) is 3.04. The number of anilines is 2. The maximum Gasteiger partial charge on any atom is 0.321 e. The van der Waals surface area contributed by atoms with Crippen molar-refractivity contribution < 1.29 is 9.53 Å². The minimum atomic E-state index is -0.0696. The molecule has 1 aromatic carbocycles. The Bertz CT molecular complexity index is 763. The van der Waals surface area contributed by atoms with Gasteiger partial charge in [0.05, 0.1) is 19.0 Å². The first kappa shape index (κ1) is 17.1. The fourth-order valence-corrected chi connectivity index (χ4v) is 3.21. The zero-order valence-electron chi connectivity index (χ0n) is 15.2. The minimum Gasteiger partial charge on any atom is -0.496 e. The lowest BCUT2D eigenvalue weighted by atomic mass is 10.1. The molecule has 2 amide bonds.